The number of nitrogens with zero attached hydrogens (tertiary/aromatic N) is 1. The molecule has 0 saturated carbocycles. The first-order chi connectivity index (χ1) is 13.9. The van der Waals surface area contributed by atoms with Crippen LogP contribution in [-0.2, 0) is 9.53 Å². The second-order valence-electron chi connectivity index (χ2n) is 7.10. The normalized spacial score (nSPS) is 18.7. The van der Waals surface area contributed by atoms with Crippen molar-refractivity contribution >= 4 is 29.4 Å². The molecule has 0 aliphatic carbocycles. The van der Waals surface area contributed by atoms with Crippen molar-refractivity contribution in [3.8, 4) is 0 Å². The molecule has 0 aromatic heterocycles. The fourth-order valence-corrected chi connectivity index (χ4v) is 4.34. The molecule has 2 aromatic rings. The van der Waals surface area contributed by atoms with Crippen LogP contribution >= 0.6 is 11.8 Å². The number of ether oxygens (including phenoxy) is 1. The second kappa shape index (κ2) is 9.26. The third-order valence-corrected chi connectivity index (χ3v) is 5.65. The van der Waals surface area contributed by atoms with Crippen LogP contribution in [0.5, 0.6) is 0 Å². The lowest BCUT2D eigenvalue weighted by atomic mass is 10.2. The molecule has 5 nitrogen and oxygen atoms in total. The zero-order valence-corrected chi connectivity index (χ0v) is 16.9. The van der Waals surface area contributed by atoms with Gasteiger partial charge >= 0.3 is 12.0 Å². The molecule has 1 fully saturated rings. The minimum Gasteiger partial charge on any atom is -0.464 e. The Bertz CT molecular complexity index is 879. The van der Waals surface area contributed by atoms with Crippen LogP contribution in [-0.4, -0.2) is 35.3 Å². The summed E-state index contributed by atoms with van der Waals surface area (Å²) < 4.78 is 32.5. The van der Waals surface area contributed by atoms with Gasteiger partial charge in [-0.2, -0.15) is 0 Å². The maximum atomic E-state index is 14.0. The van der Waals surface area contributed by atoms with Crippen molar-refractivity contribution in [2.45, 2.75) is 25.3 Å². The summed E-state index contributed by atoms with van der Waals surface area (Å²) in [5.74, 6) is -1.61. The van der Waals surface area contributed by atoms with E-state index in [0.717, 1.165) is 17.7 Å². The summed E-state index contributed by atoms with van der Waals surface area (Å²) >= 11 is 1.43. The first kappa shape index (κ1) is 21.1. The van der Waals surface area contributed by atoms with Gasteiger partial charge < -0.3 is 10.1 Å². The Kier molecular flexibility index (Phi) is 6.74. The molecular formula is C21H22F2N2O3S. The Labute approximate surface area is 172 Å². The van der Waals surface area contributed by atoms with E-state index in [9.17, 15) is 18.4 Å². The van der Waals surface area contributed by atoms with Crippen LogP contribution in [0, 0.1) is 17.6 Å². The number of amides is 2. The van der Waals surface area contributed by atoms with Gasteiger partial charge in [-0.3, -0.25) is 4.90 Å². The summed E-state index contributed by atoms with van der Waals surface area (Å²) in [5, 5.41) is 2.02. The zero-order chi connectivity index (χ0) is 21.0. The molecule has 2 atom stereocenters. The number of hydrogen-bond donors (Lipinski definition) is 1. The summed E-state index contributed by atoms with van der Waals surface area (Å²) in [6.07, 6.45) is 0. The number of nitrogens with one attached hydrogen (secondary N) is 1. The number of carbonyl (C=O) groups is 2. The minimum atomic E-state index is -0.889. The second-order valence-corrected chi connectivity index (χ2v) is 8.21. The van der Waals surface area contributed by atoms with Gasteiger partial charge in [-0.1, -0.05) is 44.2 Å². The van der Waals surface area contributed by atoms with E-state index in [1.54, 1.807) is 0 Å². The Balaban J connectivity index is 1.86. The van der Waals surface area contributed by atoms with E-state index in [4.69, 9.17) is 4.74 Å². The lowest BCUT2D eigenvalue weighted by molar-refractivity contribution is -0.149. The van der Waals surface area contributed by atoms with Crippen LogP contribution in [0.4, 0.5) is 19.3 Å². The number of carbonyl (C=O) groups excluding carboxylic acids is 2. The molecule has 154 valence electrons. The summed E-state index contributed by atoms with van der Waals surface area (Å²) in [5.41, 5.74) is 0.681. The summed E-state index contributed by atoms with van der Waals surface area (Å²) in [4.78, 5) is 27.0. The molecule has 3 rings (SSSR count). The largest absolute Gasteiger partial charge is 0.464 e. The fourth-order valence-electron chi connectivity index (χ4n) is 2.93. The van der Waals surface area contributed by atoms with Crippen molar-refractivity contribution in [3.05, 3.63) is 65.7 Å². The first-order valence-electron chi connectivity index (χ1n) is 9.24. The quantitative estimate of drug-likeness (QED) is 0.705. The Morgan fingerprint density at radius 1 is 1.21 bits per heavy atom. The molecule has 1 aliphatic rings. The molecule has 1 saturated heterocycles. The molecule has 2 amide bonds. The molecule has 1 N–H and O–H groups in total. The van der Waals surface area contributed by atoms with Gasteiger partial charge in [0.25, 0.3) is 0 Å². The number of hydrogen-bond acceptors (Lipinski definition) is 4. The molecular weight excluding hydrogens is 398 g/mol. The highest BCUT2D eigenvalue weighted by atomic mass is 32.2. The van der Waals surface area contributed by atoms with Crippen LogP contribution in [0.15, 0.2) is 48.5 Å². The lowest BCUT2D eigenvalue weighted by Crippen LogP contribution is -2.46. The van der Waals surface area contributed by atoms with E-state index in [-0.39, 0.29) is 18.2 Å². The van der Waals surface area contributed by atoms with Gasteiger partial charge in [0.1, 0.15) is 23.1 Å². The van der Waals surface area contributed by atoms with Crippen LogP contribution in [0.3, 0.4) is 0 Å². The Hall–Kier alpha value is -2.61. The van der Waals surface area contributed by atoms with Gasteiger partial charge in [-0.25, -0.2) is 18.4 Å². The average Bonchev–Trinajstić information content (AvgIpc) is 3.14. The van der Waals surface area contributed by atoms with Crippen molar-refractivity contribution in [2.75, 3.05) is 17.7 Å². The van der Waals surface area contributed by atoms with Crippen molar-refractivity contribution < 1.29 is 23.1 Å². The average molecular weight is 420 g/mol. The third-order valence-electron chi connectivity index (χ3n) is 4.32. The number of thioether (sulfide) groups is 1. The predicted octanol–water partition coefficient (Wildman–Crippen LogP) is 4.81. The number of halogens is 2. The Morgan fingerprint density at radius 3 is 2.59 bits per heavy atom. The maximum Gasteiger partial charge on any atom is 0.329 e. The lowest BCUT2D eigenvalue weighted by Gasteiger charge is -2.29. The molecule has 2 unspecified atom stereocenters. The van der Waals surface area contributed by atoms with Gasteiger partial charge in [-0.15, -0.1) is 11.8 Å². The number of esters is 1. The smallest absolute Gasteiger partial charge is 0.329 e. The van der Waals surface area contributed by atoms with Crippen LogP contribution in [0.1, 0.15) is 24.8 Å². The summed E-state index contributed by atoms with van der Waals surface area (Å²) in [7, 11) is 0. The van der Waals surface area contributed by atoms with Crippen molar-refractivity contribution in [1.82, 2.24) is 4.90 Å². The van der Waals surface area contributed by atoms with Gasteiger partial charge in [0.05, 0.1) is 12.3 Å². The van der Waals surface area contributed by atoms with Crippen LogP contribution < -0.4 is 5.32 Å². The molecule has 0 spiro atoms. The highest BCUT2D eigenvalue weighted by molar-refractivity contribution is 7.99. The Morgan fingerprint density at radius 2 is 1.93 bits per heavy atom. The van der Waals surface area contributed by atoms with E-state index < -0.39 is 35.1 Å². The van der Waals surface area contributed by atoms with Gasteiger partial charge in [-0.05, 0) is 23.6 Å². The number of benzene rings is 2. The minimum absolute atomic E-state index is 0.158. The standard InChI is InChI=1S/C21H22F2N2O3S/c1-13(2)11-28-20(26)18-12-29-19(14-6-4-3-5-7-14)25(18)21(27)24-17-9-8-15(22)10-16(17)23/h3-10,13,18-19H,11-12H2,1-2H3,(H,24,27). The number of anilines is 1. The molecule has 8 heteroatoms. The number of rotatable bonds is 5. The zero-order valence-electron chi connectivity index (χ0n) is 16.1. The monoisotopic (exact) mass is 420 g/mol. The third kappa shape index (κ3) is 5.06. The molecule has 1 aliphatic heterocycles. The van der Waals surface area contributed by atoms with E-state index in [1.165, 1.54) is 16.7 Å². The fraction of sp³-hybridized carbons (Fsp3) is 0.333. The van der Waals surface area contributed by atoms with Gasteiger partial charge in [0, 0.05) is 11.8 Å². The maximum absolute atomic E-state index is 14.0. The van der Waals surface area contributed by atoms with E-state index in [0.29, 0.717) is 11.8 Å². The van der Waals surface area contributed by atoms with Crippen molar-refractivity contribution in [1.29, 1.82) is 0 Å². The SMILES string of the molecule is CC(C)COC(=O)C1CSC(c2ccccc2)N1C(=O)Nc1ccc(F)cc1F. The first-order valence-corrected chi connectivity index (χ1v) is 10.3. The summed E-state index contributed by atoms with van der Waals surface area (Å²) in [6, 6.07) is 10.7. The van der Waals surface area contributed by atoms with Gasteiger partial charge in [0.15, 0.2) is 0 Å². The van der Waals surface area contributed by atoms with E-state index in [1.807, 2.05) is 44.2 Å². The molecule has 0 radical (unpaired) electrons. The van der Waals surface area contributed by atoms with E-state index >= 15 is 0 Å². The summed E-state index contributed by atoms with van der Waals surface area (Å²) in [6.45, 7) is 4.09. The van der Waals surface area contributed by atoms with Crippen LogP contribution in [0.25, 0.3) is 0 Å². The topological polar surface area (TPSA) is 58.6 Å². The van der Waals surface area contributed by atoms with Gasteiger partial charge in [0.2, 0.25) is 0 Å². The molecule has 0 bridgehead atoms. The van der Waals surface area contributed by atoms with Crippen molar-refractivity contribution in [3.63, 3.8) is 0 Å². The molecule has 29 heavy (non-hydrogen) atoms. The predicted molar refractivity (Wildman–Crippen MR) is 108 cm³/mol. The van der Waals surface area contributed by atoms with E-state index in [2.05, 4.69) is 5.32 Å². The molecule has 2 aromatic carbocycles. The molecule has 1 heterocycles. The highest BCUT2D eigenvalue weighted by Crippen LogP contribution is 2.42. The van der Waals surface area contributed by atoms with Crippen molar-refractivity contribution in [2.24, 2.45) is 5.92 Å². The number of urea groups is 1. The van der Waals surface area contributed by atoms with Crippen LogP contribution in [0.2, 0.25) is 0 Å². The highest BCUT2D eigenvalue weighted by Gasteiger charge is 2.43.